The lowest BCUT2D eigenvalue weighted by molar-refractivity contribution is -0.139. The van der Waals surface area contributed by atoms with Gasteiger partial charge in [-0.2, -0.15) is 5.10 Å². The molecule has 1 aliphatic carbocycles. The lowest BCUT2D eigenvalue weighted by Gasteiger charge is -2.18. The lowest BCUT2D eigenvalue weighted by atomic mass is 10.2. The average molecular weight is 407 g/mol. The van der Waals surface area contributed by atoms with Crippen LogP contribution in [0.2, 0.25) is 0 Å². The summed E-state index contributed by atoms with van der Waals surface area (Å²) < 4.78 is 27.2. The van der Waals surface area contributed by atoms with E-state index in [-0.39, 0.29) is 22.6 Å². The molecule has 146 valence electrons. The Balaban J connectivity index is 1.69. The number of carbonyl (C=O) groups is 3. The van der Waals surface area contributed by atoms with Gasteiger partial charge in [0.25, 0.3) is 0 Å². The van der Waals surface area contributed by atoms with E-state index in [1.807, 2.05) is 0 Å². The predicted molar refractivity (Wildman–Crippen MR) is 98.2 cm³/mol. The van der Waals surface area contributed by atoms with Gasteiger partial charge in [0.2, 0.25) is 5.91 Å². The van der Waals surface area contributed by atoms with Crippen LogP contribution in [0.5, 0.6) is 0 Å². The van der Waals surface area contributed by atoms with E-state index in [2.05, 4.69) is 20.8 Å². The molecule has 0 saturated heterocycles. The molecule has 1 saturated carbocycles. The molecular weight excluding hydrogens is 392 g/mol. The lowest BCUT2D eigenvalue weighted by Crippen LogP contribution is -2.38. The Morgan fingerprint density at radius 1 is 1.29 bits per heavy atom. The highest BCUT2D eigenvalue weighted by molar-refractivity contribution is 7.14. The minimum absolute atomic E-state index is 0.0488. The number of aromatic nitrogens is 1. The Bertz CT molecular complexity index is 958. The van der Waals surface area contributed by atoms with E-state index in [1.54, 1.807) is 0 Å². The summed E-state index contributed by atoms with van der Waals surface area (Å²) in [6.07, 6.45) is 2.89. The van der Waals surface area contributed by atoms with Crippen molar-refractivity contribution in [1.29, 1.82) is 0 Å². The zero-order valence-electron chi connectivity index (χ0n) is 14.6. The van der Waals surface area contributed by atoms with Gasteiger partial charge in [-0.1, -0.05) is 0 Å². The summed E-state index contributed by atoms with van der Waals surface area (Å²) in [7, 11) is 0. The van der Waals surface area contributed by atoms with E-state index >= 15 is 0 Å². The van der Waals surface area contributed by atoms with Crippen LogP contribution >= 0.6 is 11.3 Å². The van der Waals surface area contributed by atoms with E-state index in [0.29, 0.717) is 6.07 Å². The van der Waals surface area contributed by atoms with E-state index < -0.39 is 29.4 Å². The first-order chi connectivity index (χ1) is 13.3. The number of hydrogen-bond donors (Lipinski definition) is 2. The van der Waals surface area contributed by atoms with Crippen molar-refractivity contribution >= 4 is 46.1 Å². The zero-order chi connectivity index (χ0) is 20.3. The first kappa shape index (κ1) is 19.5. The summed E-state index contributed by atoms with van der Waals surface area (Å²) in [4.78, 5) is 40.2. The van der Waals surface area contributed by atoms with Crippen LogP contribution in [0.25, 0.3) is 0 Å². The monoisotopic (exact) mass is 407 g/mol. The molecule has 0 bridgehead atoms. The van der Waals surface area contributed by atoms with Crippen molar-refractivity contribution in [2.45, 2.75) is 25.8 Å². The summed E-state index contributed by atoms with van der Waals surface area (Å²) in [6, 6.07) is 2.89. The number of amides is 3. The number of hydrogen-bond acceptors (Lipinski definition) is 6. The van der Waals surface area contributed by atoms with Gasteiger partial charge in [-0.3, -0.25) is 19.3 Å². The second kappa shape index (κ2) is 8.21. The first-order valence-corrected chi connectivity index (χ1v) is 9.08. The van der Waals surface area contributed by atoms with E-state index in [4.69, 9.17) is 0 Å². The number of hydrazone groups is 1. The number of carbonyl (C=O) groups excluding carboxylic acids is 3. The summed E-state index contributed by atoms with van der Waals surface area (Å²) in [5.74, 6) is -3.87. The standard InChI is InChI=1S/C17H15F2N5O3S/c1-9(25)24(14-5-2-10(18)6-13(14)19)17-22-12(8-28-17)7-20-23-16(27)15(26)21-11-3-4-11/h2,5-8,11H,3-4H2,1H3,(H,21,26)(H,23,27)/b20-7-. The third-order valence-corrected chi connectivity index (χ3v) is 4.49. The molecule has 3 amide bonds. The van der Waals surface area contributed by atoms with Gasteiger partial charge in [-0.05, 0) is 25.0 Å². The van der Waals surface area contributed by atoms with Gasteiger partial charge in [0.15, 0.2) is 5.13 Å². The zero-order valence-corrected chi connectivity index (χ0v) is 15.4. The van der Waals surface area contributed by atoms with Crippen LogP contribution < -0.4 is 15.6 Å². The van der Waals surface area contributed by atoms with Gasteiger partial charge < -0.3 is 5.32 Å². The number of rotatable bonds is 5. The number of thiazole rings is 1. The molecule has 28 heavy (non-hydrogen) atoms. The second-order valence-electron chi connectivity index (χ2n) is 5.95. The highest BCUT2D eigenvalue weighted by atomic mass is 32.1. The molecule has 0 unspecified atom stereocenters. The third kappa shape index (κ3) is 4.74. The number of halogens is 2. The van der Waals surface area contributed by atoms with Gasteiger partial charge in [-0.15, -0.1) is 11.3 Å². The highest BCUT2D eigenvalue weighted by Crippen LogP contribution is 2.30. The quantitative estimate of drug-likeness (QED) is 0.448. The summed E-state index contributed by atoms with van der Waals surface area (Å²) >= 11 is 1.03. The summed E-state index contributed by atoms with van der Waals surface area (Å²) in [5.41, 5.74) is 2.21. The fraction of sp³-hybridized carbons (Fsp3) is 0.235. The van der Waals surface area contributed by atoms with E-state index in [1.165, 1.54) is 18.5 Å². The number of benzene rings is 1. The maximum atomic E-state index is 14.0. The molecule has 3 rings (SSSR count). The van der Waals surface area contributed by atoms with Crippen molar-refractivity contribution in [3.8, 4) is 0 Å². The van der Waals surface area contributed by atoms with Crippen molar-refractivity contribution in [2.75, 3.05) is 4.90 Å². The molecule has 0 radical (unpaired) electrons. The Morgan fingerprint density at radius 2 is 2.04 bits per heavy atom. The van der Waals surface area contributed by atoms with Gasteiger partial charge >= 0.3 is 11.8 Å². The minimum Gasteiger partial charge on any atom is -0.345 e. The number of anilines is 2. The summed E-state index contributed by atoms with van der Waals surface area (Å²) in [5, 5.41) is 7.81. The minimum atomic E-state index is -0.908. The van der Waals surface area contributed by atoms with Gasteiger partial charge in [-0.25, -0.2) is 19.2 Å². The van der Waals surface area contributed by atoms with Gasteiger partial charge in [0, 0.05) is 24.4 Å². The fourth-order valence-electron chi connectivity index (χ4n) is 2.19. The highest BCUT2D eigenvalue weighted by Gasteiger charge is 2.26. The van der Waals surface area contributed by atoms with Gasteiger partial charge in [0.05, 0.1) is 17.6 Å². The molecule has 0 atom stereocenters. The van der Waals surface area contributed by atoms with Crippen molar-refractivity contribution in [3.05, 3.63) is 40.9 Å². The molecule has 1 aromatic carbocycles. The molecule has 8 nitrogen and oxygen atoms in total. The largest absolute Gasteiger partial charge is 0.345 e. The Kier molecular flexibility index (Phi) is 5.73. The molecule has 0 aliphatic heterocycles. The molecular formula is C17H15F2N5O3S. The van der Waals surface area contributed by atoms with E-state index in [0.717, 1.165) is 41.2 Å². The number of nitrogens with zero attached hydrogens (tertiary/aromatic N) is 3. The predicted octanol–water partition coefficient (Wildman–Crippen LogP) is 1.83. The van der Waals surface area contributed by atoms with Crippen molar-refractivity contribution < 1.29 is 23.2 Å². The molecule has 1 aromatic heterocycles. The molecule has 2 aromatic rings. The topological polar surface area (TPSA) is 104 Å². The van der Waals surface area contributed by atoms with Crippen LogP contribution in [0.15, 0.2) is 28.7 Å². The molecule has 1 heterocycles. The molecule has 1 aliphatic rings. The molecule has 11 heteroatoms. The van der Waals surface area contributed by atoms with Crippen molar-refractivity contribution in [2.24, 2.45) is 5.10 Å². The average Bonchev–Trinajstić information content (AvgIpc) is 3.33. The maximum absolute atomic E-state index is 14.0. The Labute approximate surface area is 162 Å². The van der Waals surface area contributed by atoms with Crippen molar-refractivity contribution in [3.63, 3.8) is 0 Å². The van der Waals surface area contributed by atoms with Crippen LogP contribution in [0.4, 0.5) is 19.6 Å². The molecule has 1 fully saturated rings. The normalized spacial score (nSPS) is 13.4. The second-order valence-corrected chi connectivity index (χ2v) is 6.79. The van der Waals surface area contributed by atoms with Crippen LogP contribution in [0.3, 0.4) is 0 Å². The Hall–Kier alpha value is -3.21. The first-order valence-electron chi connectivity index (χ1n) is 8.20. The van der Waals surface area contributed by atoms with Crippen LogP contribution in [0, 0.1) is 11.6 Å². The van der Waals surface area contributed by atoms with Crippen molar-refractivity contribution in [1.82, 2.24) is 15.7 Å². The SMILES string of the molecule is CC(=O)N(c1nc(/C=N\NC(=O)C(=O)NC2CC2)cs1)c1ccc(F)cc1F. The number of nitrogens with one attached hydrogen (secondary N) is 2. The molecule has 0 spiro atoms. The van der Waals surface area contributed by atoms with Gasteiger partial charge in [0.1, 0.15) is 11.6 Å². The fourth-order valence-corrected chi connectivity index (χ4v) is 3.02. The van der Waals surface area contributed by atoms with E-state index in [9.17, 15) is 23.2 Å². The Morgan fingerprint density at radius 3 is 2.68 bits per heavy atom. The van der Waals surface area contributed by atoms with Crippen LogP contribution in [0.1, 0.15) is 25.5 Å². The third-order valence-electron chi connectivity index (χ3n) is 3.65. The van der Waals surface area contributed by atoms with Crippen LogP contribution in [-0.4, -0.2) is 35.0 Å². The summed E-state index contributed by atoms with van der Waals surface area (Å²) in [6.45, 7) is 1.22. The molecule has 2 N–H and O–H groups in total. The smallest absolute Gasteiger partial charge is 0.329 e. The van der Waals surface area contributed by atoms with Crippen LogP contribution in [-0.2, 0) is 14.4 Å². The maximum Gasteiger partial charge on any atom is 0.329 e.